The molecule has 1 saturated heterocycles. The lowest BCUT2D eigenvalue weighted by Crippen LogP contribution is -2.54. The van der Waals surface area contributed by atoms with E-state index in [1.165, 1.54) is 0 Å². The van der Waals surface area contributed by atoms with Gasteiger partial charge in [-0.05, 0) is 13.8 Å². The number of hydrogen-bond acceptors (Lipinski definition) is 2. The Balaban J connectivity index is 2.47. The Morgan fingerprint density at radius 1 is 1.45 bits per heavy atom. The van der Waals surface area contributed by atoms with Gasteiger partial charge in [-0.2, -0.15) is 0 Å². The van der Waals surface area contributed by atoms with Crippen molar-refractivity contribution in [3.8, 4) is 0 Å². The monoisotopic (exact) mass is 154 g/mol. The van der Waals surface area contributed by atoms with E-state index in [0.29, 0.717) is 12.1 Å². The molecule has 1 heterocycles. The molecule has 0 amide bonds. The standard InChI is InChI=1S/C9H18N2/c1-4-5-11-8(2)6-10-7-9(11)3/h4,8-10H,1,5-7H2,2-3H3. The summed E-state index contributed by atoms with van der Waals surface area (Å²) < 4.78 is 0. The normalized spacial score (nSPS) is 33.6. The third-order valence-electron chi connectivity index (χ3n) is 2.35. The highest BCUT2D eigenvalue weighted by Gasteiger charge is 2.22. The Kier molecular flexibility index (Phi) is 3.09. The van der Waals surface area contributed by atoms with Gasteiger partial charge >= 0.3 is 0 Å². The van der Waals surface area contributed by atoms with Crippen LogP contribution < -0.4 is 5.32 Å². The Hall–Kier alpha value is -0.340. The van der Waals surface area contributed by atoms with E-state index in [0.717, 1.165) is 19.6 Å². The average Bonchev–Trinajstić information content (AvgIpc) is 1.97. The van der Waals surface area contributed by atoms with Gasteiger partial charge in [0.1, 0.15) is 0 Å². The molecule has 0 aromatic carbocycles. The van der Waals surface area contributed by atoms with E-state index in [1.807, 2.05) is 6.08 Å². The SMILES string of the molecule is C=CCN1C(C)CNCC1C. The third-order valence-corrected chi connectivity index (χ3v) is 2.35. The maximum absolute atomic E-state index is 3.76. The van der Waals surface area contributed by atoms with E-state index in [2.05, 4.69) is 30.6 Å². The van der Waals surface area contributed by atoms with Gasteiger partial charge in [-0.3, -0.25) is 4.90 Å². The summed E-state index contributed by atoms with van der Waals surface area (Å²) in [6.45, 7) is 11.5. The van der Waals surface area contributed by atoms with Crippen molar-refractivity contribution in [2.45, 2.75) is 25.9 Å². The van der Waals surface area contributed by atoms with Crippen molar-refractivity contribution in [1.82, 2.24) is 10.2 Å². The molecule has 11 heavy (non-hydrogen) atoms. The van der Waals surface area contributed by atoms with Gasteiger partial charge in [0.05, 0.1) is 0 Å². The van der Waals surface area contributed by atoms with Crippen LogP contribution in [0.2, 0.25) is 0 Å². The molecule has 1 aliphatic heterocycles. The summed E-state index contributed by atoms with van der Waals surface area (Å²) in [5, 5.41) is 3.40. The molecule has 2 atom stereocenters. The smallest absolute Gasteiger partial charge is 0.0199 e. The fourth-order valence-electron chi connectivity index (χ4n) is 1.68. The van der Waals surface area contributed by atoms with Crippen LogP contribution in [0.3, 0.4) is 0 Å². The van der Waals surface area contributed by atoms with Gasteiger partial charge in [-0.15, -0.1) is 6.58 Å². The number of nitrogens with one attached hydrogen (secondary N) is 1. The molecule has 0 bridgehead atoms. The molecule has 1 aliphatic rings. The maximum atomic E-state index is 3.76. The van der Waals surface area contributed by atoms with Crippen molar-refractivity contribution in [2.75, 3.05) is 19.6 Å². The topological polar surface area (TPSA) is 15.3 Å². The lowest BCUT2D eigenvalue weighted by molar-refractivity contribution is 0.133. The molecule has 2 unspecified atom stereocenters. The van der Waals surface area contributed by atoms with Crippen molar-refractivity contribution < 1.29 is 0 Å². The number of piperazine rings is 1. The van der Waals surface area contributed by atoms with Crippen LogP contribution in [0.5, 0.6) is 0 Å². The van der Waals surface area contributed by atoms with Crippen molar-refractivity contribution in [3.63, 3.8) is 0 Å². The molecule has 2 heteroatoms. The second-order valence-electron chi connectivity index (χ2n) is 3.34. The first-order valence-corrected chi connectivity index (χ1v) is 4.33. The summed E-state index contributed by atoms with van der Waals surface area (Å²) in [5.41, 5.74) is 0. The van der Waals surface area contributed by atoms with E-state index in [9.17, 15) is 0 Å². The van der Waals surface area contributed by atoms with Crippen LogP contribution in [0.25, 0.3) is 0 Å². The summed E-state index contributed by atoms with van der Waals surface area (Å²) >= 11 is 0. The van der Waals surface area contributed by atoms with E-state index in [-0.39, 0.29) is 0 Å². The minimum Gasteiger partial charge on any atom is -0.314 e. The van der Waals surface area contributed by atoms with Crippen molar-refractivity contribution in [1.29, 1.82) is 0 Å². The molecule has 0 radical (unpaired) electrons. The van der Waals surface area contributed by atoms with Gasteiger partial charge in [-0.25, -0.2) is 0 Å². The zero-order valence-electron chi connectivity index (χ0n) is 7.51. The van der Waals surface area contributed by atoms with Gasteiger partial charge in [0.15, 0.2) is 0 Å². The van der Waals surface area contributed by atoms with Crippen LogP contribution in [0.4, 0.5) is 0 Å². The summed E-state index contributed by atoms with van der Waals surface area (Å²) in [6, 6.07) is 1.30. The summed E-state index contributed by atoms with van der Waals surface area (Å²) in [5.74, 6) is 0. The molecule has 1 fully saturated rings. The zero-order valence-corrected chi connectivity index (χ0v) is 7.51. The fraction of sp³-hybridized carbons (Fsp3) is 0.778. The predicted molar refractivity (Wildman–Crippen MR) is 48.7 cm³/mol. The van der Waals surface area contributed by atoms with Gasteiger partial charge in [0, 0.05) is 31.7 Å². The van der Waals surface area contributed by atoms with Crippen LogP contribution in [0.1, 0.15) is 13.8 Å². The molecule has 0 saturated carbocycles. The predicted octanol–water partition coefficient (Wildman–Crippen LogP) is 0.855. The summed E-state index contributed by atoms with van der Waals surface area (Å²) in [4.78, 5) is 2.48. The Morgan fingerprint density at radius 2 is 2.00 bits per heavy atom. The molecule has 0 aromatic rings. The minimum absolute atomic E-state index is 0.650. The van der Waals surface area contributed by atoms with E-state index in [1.54, 1.807) is 0 Å². The van der Waals surface area contributed by atoms with E-state index >= 15 is 0 Å². The lowest BCUT2D eigenvalue weighted by Gasteiger charge is -2.38. The van der Waals surface area contributed by atoms with Crippen molar-refractivity contribution in [2.24, 2.45) is 0 Å². The quantitative estimate of drug-likeness (QED) is 0.593. The van der Waals surface area contributed by atoms with Crippen molar-refractivity contribution >= 4 is 0 Å². The highest BCUT2D eigenvalue weighted by atomic mass is 15.2. The third kappa shape index (κ3) is 2.04. The molecule has 1 N–H and O–H groups in total. The second-order valence-corrected chi connectivity index (χ2v) is 3.34. The van der Waals surface area contributed by atoms with E-state index in [4.69, 9.17) is 0 Å². The molecule has 0 aliphatic carbocycles. The largest absolute Gasteiger partial charge is 0.314 e. The zero-order chi connectivity index (χ0) is 8.27. The van der Waals surface area contributed by atoms with E-state index < -0.39 is 0 Å². The molecular weight excluding hydrogens is 136 g/mol. The minimum atomic E-state index is 0.650. The van der Waals surface area contributed by atoms with Crippen LogP contribution in [-0.2, 0) is 0 Å². The second kappa shape index (κ2) is 3.88. The van der Waals surface area contributed by atoms with Crippen LogP contribution in [-0.4, -0.2) is 36.6 Å². The van der Waals surface area contributed by atoms with Gasteiger partial charge in [0.25, 0.3) is 0 Å². The van der Waals surface area contributed by atoms with Gasteiger partial charge in [0.2, 0.25) is 0 Å². The van der Waals surface area contributed by atoms with Crippen LogP contribution in [0.15, 0.2) is 12.7 Å². The first-order chi connectivity index (χ1) is 5.25. The summed E-state index contributed by atoms with van der Waals surface area (Å²) in [6.07, 6.45) is 1.98. The maximum Gasteiger partial charge on any atom is 0.0199 e. The lowest BCUT2D eigenvalue weighted by atomic mass is 10.1. The Morgan fingerprint density at radius 3 is 2.45 bits per heavy atom. The van der Waals surface area contributed by atoms with Gasteiger partial charge in [-0.1, -0.05) is 6.08 Å². The number of hydrogen-bond donors (Lipinski definition) is 1. The molecule has 0 spiro atoms. The molecule has 2 nitrogen and oxygen atoms in total. The molecule has 0 aromatic heterocycles. The van der Waals surface area contributed by atoms with Crippen molar-refractivity contribution in [3.05, 3.63) is 12.7 Å². The Labute approximate surface area is 69.3 Å². The first kappa shape index (κ1) is 8.75. The van der Waals surface area contributed by atoms with Crippen LogP contribution >= 0.6 is 0 Å². The molecular formula is C9H18N2. The van der Waals surface area contributed by atoms with Crippen LogP contribution in [0, 0.1) is 0 Å². The molecule has 1 rings (SSSR count). The average molecular weight is 154 g/mol. The highest BCUT2D eigenvalue weighted by molar-refractivity contribution is 4.86. The number of nitrogens with zero attached hydrogens (tertiary/aromatic N) is 1. The highest BCUT2D eigenvalue weighted by Crippen LogP contribution is 2.08. The first-order valence-electron chi connectivity index (χ1n) is 4.33. The van der Waals surface area contributed by atoms with Gasteiger partial charge < -0.3 is 5.32 Å². The summed E-state index contributed by atoms with van der Waals surface area (Å²) in [7, 11) is 0. The number of rotatable bonds is 2. The molecule has 64 valence electrons. The fourth-order valence-corrected chi connectivity index (χ4v) is 1.68. The Bertz CT molecular complexity index is 124.